The Labute approximate surface area is 124 Å². The summed E-state index contributed by atoms with van der Waals surface area (Å²) in [6.45, 7) is 0. The van der Waals surface area contributed by atoms with Crippen molar-refractivity contribution in [2.24, 2.45) is 5.10 Å². The van der Waals surface area contributed by atoms with Crippen LogP contribution in [0.15, 0.2) is 59.7 Å². The van der Waals surface area contributed by atoms with E-state index in [2.05, 4.69) is 34.8 Å². The van der Waals surface area contributed by atoms with Crippen molar-refractivity contribution in [1.29, 1.82) is 0 Å². The number of carbonyl (C=O) groups excluding carboxylic acids is 1. The predicted octanol–water partition coefficient (Wildman–Crippen LogP) is 4.26. The van der Waals surface area contributed by atoms with Crippen LogP contribution in [0.1, 0.15) is 25.7 Å². The molecule has 0 aromatic heterocycles. The fourth-order valence-electron chi connectivity index (χ4n) is 2.48. The first-order valence-electron chi connectivity index (χ1n) is 7.34. The summed E-state index contributed by atoms with van der Waals surface area (Å²) in [5, 5.41) is 4.25. The van der Waals surface area contributed by atoms with Gasteiger partial charge in [0.15, 0.2) is 5.78 Å². The molecule has 0 spiro atoms. The molecule has 1 aliphatic rings. The zero-order chi connectivity index (χ0) is 14.5. The van der Waals surface area contributed by atoms with Gasteiger partial charge in [0.25, 0.3) is 0 Å². The second-order valence-corrected chi connectivity index (χ2v) is 5.24. The number of hydrazone groups is 1. The van der Waals surface area contributed by atoms with Crippen LogP contribution < -0.4 is 5.43 Å². The predicted molar refractivity (Wildman–Crippen MR) is 86.4 cm³/mol. The van der Waals surface area contributed by atoms with Crippen LogP contribution in [0.3, 0.4) is 0 Å². The van der Waals surface area contributed by atoms with E-state index in [1.807, 2.05) is 30.3 Å². The van der Waals surface area contributed by atoms with E-state index in [4.69, 9.17) is 0 Å². The quantitative estimate of drug-likeness (QED) is 0.852. The average Bonchev–Trinajstić information content (AvgIpc) is 2.55. The summed E-state index contributed by atoms with van der Waals surface area (Å²) in [5.41, 5.74) is 6.93. The molecule has 0 aliphatic heterocycles. The zero-order valence-corrected chi connectivity index (χ0v) is 11.9. The molecule has 2 aromatic rings. The van der Waals surface area contributed by atoms with Gasteiger partial charge in [-0.1, -0.05) is 42.5 Å². The lowest BCUT2D eigenvalue weighted by atomic mass is 9.97. The highest BCUT2D eigenvalue weighted by atomic mass is 16.1. The molecule has 3 heteroatoms. The van der Waals surface area contributed by atoms with Crippen LogP contribution in [0.5, 0.6) is 0 Å². The van der Waals surface area contributed by atoms with Crippen molar-refractivity contribution in [1.82, 2.24) is 0 Å². The van der Waals surface area contributed by atoms with Crippen LogP contribution in [0.25, 0.3) is 11.1 Å². The van der Waals surface area contributed by atoms with Gasteiger partial charge in [0.05, 0.1) is 5.69 Å². The molecule has 0 radical (unpaired) electrons. The van der Waals surface area contributed by atoms with Gasteiger partial charge >= 0.3 is 0 Å². The standard InChI is InChI=1S/C18H18N2O/c21-18-9-5-4-8-17(18)20-19-16-12-10-15(11-13-16)14-6-2-1-3-7-14/h1-3,6-7,10-13,19H,4-5,8-9H2/b20-17+. The Balaban J connectivity index is 1.70. The molecule has 3 nitrogen and oxygen atoms in total. The van der Waals surface area contributed by atoms with Crippen LogP contribution >= 0.6 is 0 Å². The molecule has 0 saturated heterocycles. The van der Waals surface area contributed by atoms with Gasteiger partial charge in [0, 0.05) is 6.42 Å². The highest BCUT2D eigenvalue weighted by molar-refractivity contribution is 6.40. The first-order valence-corrected chi connectivity index (χ1v) is 7.34. The molecule has 1 aliphatic carbocycles. The van der Waals surface area contributed by atoms with Gasteiger partial charge in [0.1, 0.15) is 5.71 Å². The van der Waals surface area contributed by atoms with Gasteiger partial charge in [-0.3, -0.25) is 10.2 Å². The normalized spacial score (nSPS) is 17.0. The van der Waals surface area contributed by atoms with Crippen molar-refractivity contribution in [3.8, 4) is 11.1 Å². The summed E-state index contributed by atoms with van der Waals surface area (Å²) in [6.07, 6.45) is 3.46. The van der Waals surface area contributed by atoms with Crippen LogP contribution in [-0.2, 0) is 4.79 Å². The van der Waals surface area contributed by atoms with Crippen molar-refractivity contribution < 1.29 is 4.79 Å². The summed E-state index contributed by atoms with van der Waals surface area (Å²) >= 11 is 0. The number of Topliss-reactive ketones (excluding diaryl/α,β-unsaturated/α-hetero) is 1. The summed E-state index contributed by atoms with van der Waals surface area (Å²) in [4.78, 5) is 11.7. The number of anilines is 1. The lowest BCUT2D eigenvalue weighted by molar-refractivity contribution is -0.113. The molecular weight excluding hydrogens is 260 g/mol. The van der Waals surface area contributed by atoms with E-state index in [0.717, 1.165) is 24.9 Å². The number of nitrogens with one attached hydrogen (secondary N) is 1. The SMILES string of the molecule is O=C1CCCC/C1=N\Nc1ccc(-c2ccccc2)cc1. The maximum Gasteiger partial charge on any atom is 0.178 e. The molecule has 1 saturated carbocycles. The summed E-state index contributed by atoms with van der Waals surface area (Å²) in [5.74, 6) is 0.176. The van der Waals surface area contributed by atoms with Crippen molar-refractivity contribution >= 4 is 17.2 Å². The lowest BCUT2D eigenvalue weighted by Gasteiger charge is -2.11. The van der Waals surface area contributed by atoms with E-state index < -0.39 is 0 Å². The second kappa shape index (κ2) is 6.35. The molecule has 0 amide bonds. The first kappa shape index (κ1) is 13.6. The Morgan fingerprint density at radius 2 is 1.48 bits per heavy atom. The summed E-state index contributed by atoms with van der Waals surface area (Å²) < 4.78 is 0. The summed E-state index contributed by atoms with van der Waals surface area (Å²) in [6, 6.07) is 18.3. The Hall–Kier alpha value is -2.42. The first-order chi connectivity index (χ1) is 10.3. The Bertz CT molecular complexity index is 645. The van der Waals surface area contributed by atoms with Crippen LogP contribution in [0.2, 0.25) is 0 Å². The summed E-state index contributed by atoms with van der Waals surface area (Å²) in [7, 11) is 0. The maximum absolute atomic E-state index is 11.7. The number of hydrogen-bond donors (Lipinski definition) is 1. The van der Waals surface area contributed by atoms with Crippen molar-refractivity contribution in [2.45, 2.75) is 25.7 Å². The van der Waals surface area contributed by atoms with Gasteiger partial charge in [-0.25, -0.2) is 0 Å². The third-order valence-corrected chi connectivity index (χ3v) is 3.70. The highest BCUT2D eigenvalue weighted by Gasteiger charge is 2.16. The molecule has 0 bridgehead atoms. The average molecular weight is 278 g/mol. The molecule has 1 fully saturated rings. The fraction of sp³-hybridized carbons (Fsp3) is 0.222. The molecule has 3 rings (SSSR count). The van der Waals surface area contributed by atoms with E-state index in [9.17, 15) is 4.79 Å². The van der Waals surface area contributed by atoms with Crippen molar-refractivity contribution in [3.05, 3.63) is 54.6 Å². The number of hydrogen-bond acceptors (Lipinski definition) is 3. The number of benzene rings is 2. The third-order valence-electron chi connectivity index (χ3n) is 3.70. The number of rotatable bonds is 3. The largest absolute Gasteiger partial charge is 0.293 e. The Kier molecular flexibility index (Phi) is 4.10. The van der Waals surface area contributed by atoms with Crippen LogP contribution in [-0.4, -0.2) is 11.5 Å². The minimum atomic E-state index is 0.176. The molecule has 0 heterocycles. The Morgan fingerprint density at radius 1 is 0.810 bits per heavy atom. The lowest BCUT2D eigenvalue weighted by Crippen LogP contribution is -2.19. The van der Waals surface area contributed by atoms with Crippen molar-refractivity contribution in [3.63, 3.8) is 0 Å². The number of nitrogens with zero attached hydrogens (tertiary/aromatic N) is 1. The molecule has 0 unspecified atom stereocenters. The van der Waals surface area contributed by atoms with Gasteiger partial charge in [-0.2, -0.15) is 5.10 Å². The number of ketones is 1. The van der Waals surface area contributed by atoms with Crippen LogP contribution in [0, 0.1) is 0 Å². The van der Waals surface area contributed by atoms with E-state index in [-0.39, 0.29) is 5.78 Å². The monoisotopic (exact) mass is 278 g/mol. The van der Waals surface area contributed by atoms with E-state index in [1.54, 1.807) is 0 Å². The minimum Gasteiger partial charge on any atom is -0.293 e. The molecule has 21 heavy (non-hydrogen) atoms. The zero-order valence-electron chi connectivity index (χ0n) is 11.9. The molecule has 0 atom stereocenters. The maximum atomic E-state index is 11.7. The molecule has 2 aromatic carbocycles. The van der Waals surface area contributed by atoms with Gasteiger partial charge < -0.3 is 0 Å². The van der Waals surface area contributed by atoms with Gasteiger partial charge in [0.2, 0.25) is 0 Å². The van der Waals surface area contributed by atoms with E-state index >= 15 is 0 Å². The fourth-order valence-corrected chi connectivity index (χ4v) is 2.48. The minimum absolute atomic E-state index is 0.176. The van der Waals surface area contributed by atoms with Crippen LogP contribution in [0.4, 0.5) is 5.69 Å². The topological polar surface area (TPSA) is 41.5 Å². The van der Waals surface area contributed by atoms with Crippen molar-refractivity contribution in [2.75, 3.05) is 5.43 Å². The third kappa shape index (κ3) is 3.37. The van der Waals surface area contributed by atoms with E-state index in [0.29, 0.717) is 12.1 Å². The van der Waals surface area contributed by atoms with E-state index in [1.165, 1.54) is 11.1 Å². The second-order valence-electron chi connectivity index (χ2n) is 5.24. The molecular formula is C18H18N2O. The highest BCUT2D eigenvalue weighted by Crippen LogP contribution is 2.21. The smallest absolute Gasteiger partial charge is 0.178 e. The Morgan fingerprint density at radius 3 is 2.19 bits per heavy atom. The molecule has 1 N–H and O–H groups in total. The molecule has 106 valence electrons. The number of carbonyl (C=O) groups is 1. The van der Waals surface area contributed by atoms with Gasteiger partial charge in [-0.15, -0.1) is 0 Å². The van der Waals surface area contributed by atoms with Gasteiger partial charge in [-0.05, 0) is 42.5 Å².